The number of amides is 3. The van der Waals surface area contributed by atoms with Gasteiger partial charge in [-0.1, -0.05) is 18.2 Å². The third-order valence-corrected chi connectivity index (χ3v) is 6.82. The Balaban J connectivity index is 1.35. The van der Waals surface area contributed by atoms with Gasteiger partial charge < -0.3 is 19.4 Å². The Hall–Kier alpha value is -4.14. The number of urea groups is 1. The Labute approximate surface area is 207 Å². The third kappa shape index (κ3) is 4.00. The van der Waals surface area contributed by atoms with Gasteiger partial charge >= 0.3 is 6.03 Å². The maximum Gasteiger partial charge on any atom is 0.325 e. The van der Waals surface area contributed by atoms with Crippen molar-refractivity contribution in [1.82, 2.24) is 14.8 Å². The summed E-state index contributed by atoms with van der Waals surface area (Å²) in [7, 11) is 0. The van der Waals surface area contributed by atoms with Crippen LogP contribution >= 0.6 is 0 Å². The summed E-state index contributed by atoms with van der Waals surface area (Å²) in [4.78, 5) is 40.4. The molecule has 0 bridgehead atoms. The lowest BCUT2D eigenvalue weighted by Crippen LogP contribution is -2.41. The van der Waals surface area contributed by atoms with Gasteiger partial charge in [-0.25, -0.2) is 9.18 Å². The highest BCUT2D eigenvalue weighted by atomic mass is 19.1. The molecule has 0 aliphatic carbocycles. The number of carbonyl (C=O) groups is 3. The van der Waals surface area contributed by atoms with E-state index in [4.69, 9.17) is 9.47 Å². The number of Topliss-reactive ketones (excluding diaryl/α,β-unsaturated/α-hetero) is 1. The number of aromatic nitrogens is 1. The Morgan fingerprint density at radius 1 is 1.03 bits per heavy atom. The molecule has 2 aromatic carbocycles. The van der Waals surface area contributed by atoms with Crippen LogP contribution in [0.5, 0.6) is 11.5 Å². The number of hydrogen-bond donors (Lipinski definition) is 1. The molecule has 9 heteroatoms. The average molecular weight is 492 g/mol. The molecular formula is C27H26FN3O5. The van der Waals surface area contributed by atoms with Gasteiger partial charge in [0.15, 0.2) is 17.3 Å². The van der Waals surface area contributed by atoms with Gasteiger partial charge in [-0.15, -0.1) is 0 Å². The lowest BCUT2D eigenvalue weighted by Gasteiger charge is -2.25. The molecule has 3 amide bonds. The summed E-state index contributed by atoms with van der Waals surface area (Å²) in [5.41, 5.74) is 2.08. The predicted molar refractivity (Wildman–Crippen MR) is 129 cm³/mol. The Bertz CT molecular complexity index is 1380. The molecule has 1 N–H and O–H groups in total. The van der Waals surface area contributed by atoms with Crippen LogP contribution in [0.15, 0.2) is 48.5 Å². The van der Waals surface area contributed by atoms with Crippen LogP contribution in [0.25, 0.3) is 0 Å². The largest absolute Gasteiger partial charge is 0.486 e. The standard InChI is InChI=1S/C27H26FN3O5/c1-16-12-21(17(2)30(16)14-18-4-7-20(28)8-5-18)22(32)15-31-25(33)27(3,29-26(31)34)19-6-9-23-24(13-19)36-11-10-35-23/h4-9,12-13H,10-11,14-15H2,1-3H3,(H,29,34)/t27-/m0/s1. The number of nitrogens with zero attached hydrogens (tertiary/aromatic N) is 2. The van der Waals surface area contributed by atoms with Crippen LogP contribution < -0.4 is 14.8 Å². The molecule has 3 aromatic rings. The zero-order valence-electron chi connectivity index (χ0n) is 20.3. The molecule has 1 atom stereocenters. The minimum atomic E-state index is -1.34. The van der Waals surface area contributed by atoms with Crippen LogP contribution in [0.3, 0.4) is 0 Å². The highest BCUT2D eigenvalue weighted by Gasteiger charge is 2.50. The van der Waals surface area contributed by atoms with E-state index in [9.17, 15) is 18.8 Å². The maximum atomic E-state index is 13.4. The summed E-state index contributed by atoms with van der Waals surface area (Å²) in [5.74, 6) is -0.0908. The minimum absolute atomic E-state index is 0.313. The molecule has 186 valence electrons. The van der Waals surface area contributed by atoms with E-state index in [0.717, 1.165) is 16.2 Å². The lowest BCUT2D eigenvalue weighted by molar-refractivity contribution is -0.130. The number of benzene rings is 2. The topological polar surface area (TPSA) is 89.9 Å². The molecule has 0 radical (unpaired) electrons. The number of aryl methyl sites for hydroxylation is 1. The van der Waals surface area contributed by atoms with E-state index < -0.39 is 17.5 Å². The molecule has 36 heavy (non-hydrogen) atoms. The summed E-state index contributed by atoms with van der Waals surface area (Å²) >= 11 is 0. The van der Waals surface area contributed by atoms with Gasteiger partial charge in [0.2, 0.25) is 0 Å². The van der Waals surface area contributed by atoms with Crippen LogP contribution in [-0.4, -0.2) is 46.9 Å². The maximum absolute atomic E-state index is 13.4. The second kappa shape index (κ2) is 8.82. The Kier molecular flexibility index (Phi) is 5.78. The Morgan fingerprint density at radius 3 is 2.44 bits per heavy atom. The third-order valence-electron chi connectivity index (χ3n) is 6.82. The van der Waals surface area contributed by atoms with Crippen molar-refractivity contribution >= 4 is 17.7 Å². The first kappa shape index (κ1) is 23.6. The molecule has 0 saturated carbocycles. The minimum Gasteiger partial charge on any atom is -0.486 e. The van der Waals surface area contributed by atoms with Gasteiger partial charge in [-0.2, -0.15) is 0 Å². The molecule has 2 aliphatic rings. The number of imide groups is 1. The summed E-state index contributed by atoms with van der Waals surface area (Å²) in [6.45, 7) is 6.22. The lowest BCUT2D eigenvalue weighted by atomic mass is 9.91. The van der Waals surface area contributed by atoms with Gasteiger partial charge in [0.05, 0.1) is 6.54 Å². The van der Waals surface area contributed by atoms with E-state index in [1.807, 2.05) is 18.4 Å². The summed E-state index contributed by atoms with van der Waals surface area (Å²) in [5, 5.41) is 2.73. The second-order valence-corrected chi connectivity index (χ2v) is 9.23. The van der Waals surface area contributed by atoms with Gasteiger partial charge in [0, 0.05) is 23.5 Å². The normalized spacial score (nSPS) is 18.9. The van der Waals surface area contributed by atoms with Crippen molar-refractivity contribution in [1.29, 1.82) is 0 Å². The zero-order valence-corrected chi connectivity index (χ0v) is 20.3. The van der Waals surface area contributed by atoms with E-state index in [-0.39, 0.29) is 18.1 Å². The van der Waals surface area contributed by atoms with E-state index in [1.165, 1.54) is 12.1 Å². The first-order valence-corrected chi connectivity index (χ1v) is 11.7. The summed E-state index contributed by atoms with van der Waals surface area (Å²) in [6.07, 6.45) is 0. The van der Waals surface area contributed by atoms with Crippen molar-refractivity contribution in [2.45, 2.75) is 32.9 Å². The number of halogens is 1. The van der Waals surface area contributed by atoms with E-state index in [2.05, 4.69) is 5.32 Å². The van der Waals surface area contributed by atoms with Gasteiger partial charge in [-0.05, 0) is 62.2 Å². The zero-order chi connectivity index (χ0) is 25.6. The number of fused-ring (bicyclic) bond motifs is 1. The van der Waals surface area contributed by atoms with Crippen LogP contribution in [-0.2, 0) is 16.9 Å². The number of nitrogens with one attached hydrogen (secondary N) is 1. The SMILES string of the molecule is Cc1cc(C(=O)CN2C(=O)N[C@@](C)(c3ccc4c(c3)OCCO4)C2=O)c(C)n1Cc1ccc(F)cc1. The van der Waals surface area contributed by atoms with Crippen molar-refractivity contribution in [3.8, 4) is 11.5 Å². The number of ether oxygens (including phenoxy) is 2. The molecule has 0 spiro atoms. The van der Waals surface area contributed by atoms with Crippen molar-refractivity contribution in [2.24, 2.45) is 0 Å². The quantitative estimate of drug-likeness (QED) is 0.419. The number of rotatable bonds is 6. The molecule has 1 aromatic heterocycles. The molecule has 2 aliphatic heterocycles. The van der Waals surface area contributed by atoms with Crippen molar-refractivity contribution in [3.05, 3.63) is 82.4 Å². The van der Waals surface area contributed by atoms with Crippen LogP contribution in [0.1, 0.15) is 39.8 Å². The van der Waals surface area contributed by atoms with Crippen molar-refractivity contribution < 1.29 is 28.2 Å². The van der Waals surface area contributed by atoms with Crippen LogP contribution in [0, 0.1) is 19.7 Å². The van der Waals surface area contributed by atoms with Gasteiger partial charge in [-0.3, -0.25) is 14.5 Å². The smallest absolute Gasteiger partial charge is 0.325 e. The average Bonchev–Trinajstić information content (AvgIpc) is 3.27. The number of carbonyl (C=O) groups excluding carboxylic acids is 3. The van der Waals surface area contributed by atoms with E-state index >= 15 is 0 Å². The van der Waals surface area contributed by atoms with E-state index in [0.29, 0.717) is 48.1 Å². The number of ketones is 1. The number of hydrogen-bond acceptors (Lipinski definition) is 5. The Morgan fingerprint density at radius 2 is 1.72 bits per heavy atom. The summed E-state index contributed by atoms with van der Waals surface area (Å²) < 4.78 is 26.4. The van der Waals surface area contributed by atoms with Crippen LogP contribution in [0.2, 0.25) is 0 Å². The fourth-order valence-corrected chi connectivity index (χ4v) is 4.72. The fourth-order valence-electron chi connectivity index (χ4n) is 4.72. The van der Waals surface area contributed by atoms with Gasteiger partial charge in [0.25, 0.3) is 5.91 Å². The molecule has 8 nitrogen and oxygen atoms in total. The highest BCUT2D eigenvalue weighted by Crippen LogP contribution is 2.37. The fraction of sp³-hybridized carbons (Fsp3) is 0.296. The molecule has 0 unspecified atom stereocenters. The first-order chi connectivity index (χ1) is 17.2. The first-order valence-electron chi connectivity index (χ1n) is 11.7. The monoisotopic (exact) mass is 491 g/mol. The summed E-state index contributed by atoms with van der Waals surface area (Å²) in [6, 6.07) is 12.4. The molecule has 1 fully saturated rings. The van der Waals surface area contributed by atoms with Crippen molar-refractivity contribution in [3.63, 3.8) is 0 Å². The predicted octanol–water partition coefficient (Wildman–Crippen LogP) is 3.71. The highest BCUT2D eigenvalue weighted by molar-refractivity contribution is 6.11. The van der Waals surface area contributed by atoms with Crippen LogP contribution in [0.4, 0.5) is 9.18 Å². The van der Waals surface area contributed by atoms with Gasteiger partial charge in [0.1, 0.15) is 24.6 Å². The molecule has 5 rings (SSSR count). The van der Waals surface area contributed by atoms with Crippen molar-refractivity contribution in [2.75, 3.05) is 19.8 Å². The van der Waals surface area contributed by atoms with E-state index in [1.54, 1.807) is 43.3 Å². The molecular weight excluding hydrogens is 465 g/mol. The second-order valence-electron chi connectivity index (χ2n) is 9.23. The molecule has 3 heterocycles. The molecule has 1 saturated heterocycles.